The lowest BCUT2D eigenvalue weighted by Crippen LogP contribution is -2.22. The third kappa shape index (κ3) is 5.26. The molecule has 2 rings (SSSR count). The molecule has 0 saturated carbocycles. The molecule has 0 unspecified atom stereocenters. The van der Waals surface area contributed by atoms with Crippen LogP contribution in [0.1, 0.15) is 34.8 Å². The number of benzene rings is 2. The average molecular weight is 402 g/mol. The summed E-state index contributed by atoms with van der Waals surface area (Å²) in [4.78, 5) is 24.2. The smallest absolute Gasteiger partial charge is 0.272 e. The molecule has 0 spiro atoms. The van der Waals surface area contributed by atoms with E-state index >= 15 is 0 Å². The molecule has 2 N–H and O–H groups in total. The summed E-state index contributed by atoms with van der Waals surface area (Å²) in [7, 11) is 0. The summed E-state index contributed by atoms with van der Waals surface area (Å²) in [6.07, 6.45) is 0.101. The number of amides is 2. The molecule has 25 heavy (non-hydrogen) atoms. The molecule has 0 aliphatic carbocycles. The number of nitrogens with zero attached hydrogens (tertiary/aromatic N) is 1. The highest BCUT2D eigenvalue weighted by molar-refractivity contribution is 9.10. The predicted octanol–water partition coefficient (Wildman–Crippen LogP) is 4.20. The average Bonchev–Trinajstić information content (AvgIpc) is 2.57. The molecule has 0 aliphatic heterocycles. The van der Waals surface area contributed by atoms with Gasteiger partial charge in [-0.3, -0.25) is 9.59 Å². The van der Waals surface area contributed by atoms with Gasteiger partial charge in [-0.05, 0) is 66.0 Å². The first-order chi connectivity index (χ1) is 11.9. The Morgan fingerprint density at radius 3 is 2.52 bits per heavy atom. The monoisotopic (exact) mass is 401 g/mol. The number of halogens is 1. The number of aryl methyl sites for hydroxylation is 1. The minimum absolute atomic E-state index is 0.101. The number of hydrazone groups is 1. The third-order valence-corrected chi connectivity index (χ3v) is 4.45. The SMILES string of the molecule is C/C(CC(=O)Nc1cccc(C)c1C)=N\NC(=O)c1ccccc1Br. The zero-order valence-electron chi connectivity index (χ0n) is 14.4. The van der Waals surface area contributed by atoms with E-state index in [1.165, 1.54) is 0 Å². The van der Waals surface area contributed by atoms with Gasteiger partial charge < -0.3 is 5.32 Å². The van der Waals surface area contributed by atoms with Crippen molar-refractivity contribution in [3.05, 3.63) is 63.6 Å². The topological polar surface area (TPSA) is 70.6 Å². The quantitative estimate of drug-likeness (QED) is 0.581. The second-order valence-electron chi connectivity index (χ2n) is 5.74. The van der Waals surface area contributed by atoms with Gasteiger partial charge in [-0.2, -0.15) is 5.10 Å². The van der Waals surface area contributed by atoms with Gasteiger partial charge in [0.15, 0.2) is 0 Å². The summed E-state index contributed by atoms with van der Waals surface area (Å²) in [6, 6.07) is 12.8. The molecular formula is C19H20BrN3O2. The second kappa shape index (κ2) is 8.58. The predicted molar refractivity (Wildman–Crippen MR) is 104 cm³/mol. The molecule has 6 heteroatoms. The molecule has 0 bridgehead atoms. The van der Waals surface area contributed by atoms with Crippen LogP contribution in [0.15, 0.2) is 52.0 Å². The van der Waals surface area contributed by atoms with Crippen molar-refractivity contribution in [1.29, 1.82) is 0 Å². The van der Waals surface area contributed by atoms with Gasteiger partial charge in [-0.15, -0.1) is 0 Å². The minimum atomic E-state index is -0.332. The maximum absolute atomic E-state index is 12.1. The Kier molecular flexibility index (Phi) is 6.47. The highest BCUT2D eigenvalue weighted by Gasteiger charge is 2.10. The Hall–Kier alpha value is -2.47. The van der Waals surface area contributed by atoms with Crippen LogP contribution in [0.3, 0.4) is 0 Å². The molecule has 0 radical (unpaired) electrons. The number of hydrogen-bond acceptors (Lipinski definition) is 3. The molecule has 0 saturated heterocycles. The van der Waals surface area contributed by atoms with E-state index in [0.717, 1.165) is 16.8 Å². The highest BCUT2D eigenvalue weighted by Crippen LogP contribution is 2.18. The van der Waals surface area contributed by atoms with Crippen LogP contribution in [0.5, 0.6) is 0 Å². The summed E-state index contributed by atoms with van der Waals surface area (Å²) < 4.78 is 0.688. The number of rotatable bonds is 5. The van der Waals surface area contributed by atoms with Crippen molar-refractivity contribution in [2.24, 2.45) is 5.10 Å². The van der Waals surface area contributed by atoms with Crippen LogP contribution in [-0.2, 0) is 4.79 Å². The molecule has 0 aromatic heterocycles. The van der Waals surface area contributed by atoms with E-state index in [-0.39, 0.29) is 18.2 Å². The fourth-order valence-corrected chi connectivity index (χ4v) is 2.67. The molecule has 0 aliphatic rings. The van der Waals surface area contributed by atoms with Gasteiger partial charge in [0.1, 0.15) is 0 Å². The Morgan fingerprint density at radius 1 is 1.08 bits per heavy atom. The summed E-state index contributed by atoms with van der Waals surface area (Å²) in [5.74, 6) is -0.508. The first-order valence-corrected chi connectivity index (χ1v) is 8.62. The second-order valence-corrected chi connectivity index (χ2v) is 6.59. The zero-order valence-corrected chi connectivity index (χ0v) is 16.0. The van der Waals surface area contributed by atoms with Crippen LogP contribution in [0.2, 0.25) is 0 Å². The third-order valence-electron chi connectivity index (χ3n) is 3.76. The lowest BCUT2D eigenvalue weighted by molar-refractivity contribution is -0.115. The van der Waals surface area contributed by atoms with E-state index in [1.54, 1.807) is 25.1 Å². The number of hydrogen-bond donors (Lipinski definition) is 2. The normalized spacial score (nSPS) is 11.1. The van der Waals surface area contributed by atoms with Crippen molar-refractivity contribution >= 4 is 39.1 Å². The van der Waals surface area contributed by atoms with E-state index in [4.69, 9.17) is 0 Å². The van der Waals surface area contributed by atoms with E-state index in [9.17, 15) is 9.59 Å². The molecule has 0 heterocycles. The van der Waals surface area contributed by atoms with Gasteiger partial charge in [-0.1, -0.05) is 24.3 Å². The molecule has 2 aromatic rings. The van der Waals surface area contributed by atoms with Gasteiger partial charge in [-0.25, -0.2) is 5.43 Å². The van der Waals surface area contributed by atoms with E-state index in [1.807, 2.05) is 38.1 Å². The largest absolute Gasteiger partial charge is 0.326 e. The minimum Gasteiger partial charge on any atom is -0.326 e. The molecule has 2 amide bonds. The Labute approximate surface area is 155 Å². The first-order valence-electron chi connectivity index (χ1n) is 7.82. The van der Waals surface area contributed by atoms with Crippen molar-refractivity contribution < 1.29 is 9.59 Å². The lowest BCUT2D eigenvalue weighted by atomic mass is 10.1. The summed E-state index contributed by atoms with van der Waals surface area (Å²) in [5, 5.41) is 6.87. The van der Waals surface area contributed by atoms with Crippen LogP contribution < -0.4 is 10.7 Å². The Morgan fingerprint density at radius 2 is 1.80 bits per heavy atom. The van der Waals surface area contributed by atoms with E-state index in [2.05, 4.69) is 31.8 Å². The maximum Gasteiger partial charge on any atom is 0.272 e. The lowest BCUT2D eigenvalue weighted by Gasteiger charge is -2.10. The Bertz CT molecular complexity index is 831. The number of nitrogens with one attached hydrogen (secondary N) is 2. The van der Waals surface area contributed by atoms with Gasteiger partial charge in [0, 0.05) is 15.9 Å². The van der Waals surface area contributed by atoms with Crippen LogP contribution in [0, 0.1) is 13.8 Å². The Balaban J connectivity index is 1.94. The highest BCUT2D eigenvalue weighted by atomic mass is 79.9. The van der Waals surface area contributed by atoms with Crippen LogP contribution in [0.4, 0.5) is 5.69 Å². The van der Waals surface area contributed by atoms with Crippen molar-refractivity contribution in [2.45, 2.75) is 27.2 Å². The molecule has 0 atom stereocenters. The fraction of sp³-hybridized carbons (Fsp3) is 0.211. The summed E-state index contributed by atoms with van der Waals surface area (Å²) >= 11 is 3.32. The van der Waals surface area contributed by atoms with Gasteiger partial charge >= 0.3 is 0 Å². The summed E-state index contributed by atoms with van der Waals surface area (Å²) in [6.45, 7) is 5.65. The first kappa shape index (κ1) is 18.9. The van der Waals surface area contributed by atoms with Crippen LogP contribution in [-0.4, -0.2) is 17.5 Å². The number of anilines is 1. The number of carbonyl (C=O) groups is 2. The van der Waals surface area contributed by atoms with Crippen molar-refractivity contribution in [3.63, 3.8) is 0 Å². The molecular weight excluding hydrogens is 382 g/mol. The van der Waals surface area contributed by atoms with E-state index < -0.39 is 0 Å². The van der Waals surface area contributed by atoms with Crippen molar-refractivity contribution in [1.82, 2.24) is 5.43 Å². The van der Waals surface area contributed by atoms with Crippen LogP contribution >= 0.6 is 15.9 Å². The van der Waals surface area contributed by atoms with Gasteiger partial charge in [0.05, 0.1) is 12.0 Å². The number of carbonyl (C=O) groups excluding carboxylic acids is 2. The molecule has 5 nitrogen and oxygen atoms in total. The van der Waals surface area contributed by atoms with Crippen molar-refractivity contribution in [2.75, 3.05) is 5.32 Å². The zero-order chi connectivity index (χ0) is 18.4. The molecule has 130 valence electrons. The van der Waals surface area contributed by atoms with E-state index in [0.29, 0.717) is 15.7 Å². The fourth-order valence-electron chi connectivity index (χ4n) is 2.20. The molecule has 2 aromatic carbocycles. The summed E-state index contributed by atoms with van der Waals surface area (Å²) in [5.41, 5.74) is 6.41. The van der Waals surface area contributed by atoms with Gasteiger partial charge in [0.2, 0.25) is 5.91 Å². The van der Waals surface area contributed by atoms with Gasteiger partial charge in [0.25, 0.3) is 5.91 Å². The standard InChI is InChI=1S/C19H20BrN3O2/c1-12-7-6-10-17(14(12)3)21-18(24)11-13(2)22-23-19(25)15-8-4-5-9-16(15)20/h4-10H,11H2,1-3H3,(H,21,24)(H,23,25)/b22-13+. The molecule has 0 fully saturated rings. The van der Waals surface area contributed by atoms with Crippen LogP contribution in [0.25, 0.3) is 0 Å². The maximum atomic E-state index is 12.1. The van der Waals surface area contributed by atoms with Crippen molar-refractivity contribution in [3.8, 4) is 0 Å².